The minimum Gasteiger partial charge on any atom is -0.454 e. The predicted molar refractivity (Wildman–Crippen MR) is 109 cm³/mol. The molecule has 0 radical (unpaired) electrons. The Bertz CT molecular complexity index is 907. The fraction of sp³-hybridized carbons (Fsp3) is 0.364. The van der Waals surface area contributed by atoms with Crippen LogP contribution in [0.5, 0.6) is 11.5 Å². The Hall–Kier alpha value is -3.22. The molecule has 0 bridgehead atoms. The third-order valence-electron chi connectivity index (χ3n) is 5.24. The van der Waals surface area contributed by atoms with E-state index in [1.807, 2.05) is 24.3 Å². The van der Waals surface area contributed by atoms with Gasteiger partial charge in [0.05, 0.1) is 0 Å². The lowest BCUT2D eigenvalue weighted by Gasteiger charge is -2.36. The summed E-state index contributed by atoms with van der Waals surface area (Å²) in [4.78, 5) is 28.7. The fourth-order valence-electron chi connectivity index (χ4n) is 3.60. The molecule has 0 unspecified atom stereocenters. The lowest BCUT2D eigenvalue weighted by molar-refractivity contribution is -0.136. The number of fused-ring (bicyclic) bond motifs is 1. The van der Waals surface area contributed by atoms with E-state index >= 15 is 0 Å². The van der Waals surface area contributed by atoms with Crippen molar-refractivity contribution in [2.45, 2.75) is 19.9 Å². The Morgan fingerprint density at radius 1 is 1.00 bits per heavy atom. The molecule has 1 saturated heterocycles. The van der Waals surface area contributed by atoms with Crippen molar-refractivity contribution >= 4 is 17.5 Å². The minimum absolute atomic E-state index is 0.128. The normalized spacial score (nSPS) is 15.3. The van der Waals surface area contributed by atoms with Gasteiger partial charge in [0, 0.05) is 38.4 Å². The van der Waals surface area contributed by atoms with Crippen LogP contribution in [0, 0.1) is 6.92 Å². The largest absolute Gasteiger partial charge is 0.454 e. The zero-order valence-electron chi connectivity index (χ0n) is 16.5. The van der Waals surface area contributed by atoms with E-state index in [2.05, 4.69) is 35.3 Å². The zero-order valence-corrected chi connectivity index (χ0v) is 16.5. The molecule has 0 aromatic heterocycles. The van der Waals surface area contributed by atoms with Crippen LogP contribution in [0.1, 0.15) is 17.5 Å². The average Bonchev–Trinajstić information content (AvgIpc) is 3.20. The van der Waals surface area contributed by atoms with E-state index in [9.17, 15) is 9.59 Å². The van der Waals surface area contributed by atoms with Gasteiger partial charge in [-0.1, -0.05) is 18.2 Å². The van der Waals surface area contributed by atoms with E-state index in [4.69, 9.17) is 9.47 Å². The number of carbonyl (C=O) groups excluding carboxylic acids is 2. The fourth-order valence-corrected chi connectivity index (χ4v) is 3.60. The van der Waals surface area contributed by atoms with Crippen LogP contribution in [-0.2, 0) is 16.1 Å². The summed E-state index contributed by atoms with van der Waals surface area (Å²) in [7, 11) is 0. The molecule has 2 aromatic rings. The van der Waals surface area contributed by atoms with Crippen molar-refractivity contribution < 1.29 is 19.1 Å². The Kier molecular flexibility index (Phi) is 5.55. The number of aryl methyl sites for hydroxylation is 1. The molecule has 4 rings (SSSR count). The van der Waals surface area contributed by atoms with E-state index in [-0.39, 0.29) is 25.0 Å². The molecular weight excluding hydrogens is 370 g/mol. The molecule has 2 aromatic carbocycles. The summed E-state index contributed by atoms with van der Waals surface area (Å²) in [6.45, 7) is 5.44. The van der Waals surface area contributed by atoms with Crippen LogP contribution in [0.25, 0.3) is 0 Å². The monoisotopic (exact) mass is 395 g/mol. The summed E-state index contributed by atoms with van der Waals surface area (Å²) < 4.78 is 10.6. The Balaban J connectivity index is 1.23. The number of nitrogens with zero attached hydrogens (tertiary/aromatic N) is 2. The molecule has 2 heterocycles. The minimum atomic E-state index is -0.270. The number of rotatable bonds is 5. The van der Waals surface area contributed by atoms with Gasteiger partial charge in [0.25, 0.3) is 0 Å². The molecule has 1 fully saturated rings. The quantitative estimate of drug-likeness (QED) is 0.785. The number of benzene rings is 2. The van der Waals surface area contributed by atoms with Crippen molar-refractivity contribution in [1.82, 2.24) is 10.2 Å². The molecule has 0 spiro atoms. The van der Waals surface area contributed by atoms with Gasteiger partial charge < -0.3 is 24.6 Å². The Morgan fingerprint density at radius 2 is 1.79 bits per heavy atom. The van der Waals surface area contributed by atoms with Gasteiger partial charge in [0.15, 0.2) is 11.5 Å². The van der Waals surface area contributed by atoms with Gasteiger partial charge in [0.2, 0.25) is 18.6 Å². The standard InChI is InChI=1S/C22H25N3O4/c1-16-3-2-4-18(11-16)24-7-9-25(10-8-24)22(27)13-21(26)23-14-17-5-6-19-20(12-17)29-15-28-19/h2-6,11-12H,7-10,13-15H2,1H3,(H,23,26). The second-order valence-corrected chi connectivity index (χ2v) is 7.35. The van der Waals surface area contributed by atoms with Gasteiger partial charge in [-0.25, -0.2) is 0 Å². The van der Waals surface area contributed by atoms with E-state index in [1.54, 1.807) is 4.90 Å². The topological polar surface area (TPSA) is 71.1 Å². The van der Waals surface area contributed by atoms with E-state index in [1.165, 1.54) is 11.3 Å². The molecule has 1 N–H and O–H groups in total. The second-order valence-electron chi connectivity index (χ2n) is 7.35. The third-order valence-corrected chi connectivity index (χ3v) is 5.24. The van der Waals surface area contributed by atoms with Crippen LogP contribution in [0.4, 0.5) is 5.69 Å². The van der Waals surface area contributed by atoms with Gasteiger partial charge in [-0.3, -0.25) is 9.59 Å². The molecule has 7 heteroatoms. The maximum absolute atomic E-state index is 12.5. The number of hydrogen-bond acceptors (Lipinski definition) is 5. The number of amides is 2. The molecule has 0 saturated carbocycles. The number of ether oxygens (including phenoxy) is 2. The smallest absolute Gasteiger partial charge is 0.232 e. The first kappa shape index (κ1) is 19.1. The molecule has 7 nitrogen and oxygen atoms in total. The molecule has 0 aliphatic carbocycles. The van der Waals surface area contributed by atoms with Crippen molar-refractivity contribution in [2.75, 3.05) is 37.9 Å². The maximum Gasteiger partial charge on any atom is 0.232 e. The number of piperazine rings is 1. The van der Waals surface area contributed by atoms with Crippen LogP contribution in [0.3, 0.4) is 0 Å². The average molecular weight is 395 g/mol. The van der Waals surface area contributed by atoms with E-state index in [0.29, 0.717) is 31.1 Å². The molecular formula is C22H25N3O4. The van der Waals surface area contributed by atoms with Gasteiger partial charge in [-0.2, -0.15) is 0 Å². The number of nitrogens with one attached hydrogen (secondary N) is 1. The summed E-state index contributed by atoms with van der Waals surface area (Å²) in [5.74, 6) is 0.991. The molecule has 2 amide bonds. The van der Waals surface area contributed by atoms with Crippen molar-refractivity contribution in [3.63, 3.8) is 0 Å². The van der Waals surface area contributed by atoms with Gasteiger partial charge in [-0.15, -0.1) is 0 Å². The molecule has 152 valence electrons. The summed E-state index contributed by atoms with van der Waals surface area (Å²) in [6, 6.07) is 13.9. The highest BCUT2D eigenvalue weighted by Crippen LogP contribution is 2.32. The van der Waals surface area contributed by atoms with Crippen LogP contribution < -0.4 is 19.7 Å². The van der Waals surface area contributed by atoms with Crippen molar-refractivity contribution in [1.29, 1.82) is 0 Å². The van der Waals surface area contributed by atoms with Gasteiger partial charge >= 0.3 is 0 Å². The molecule has 29 heavy (non-hydrogen) atoms. The summed E-state index contributed by atoms with van der Waals surface area (Å²) in [5, 5.41) is 2.81. The third kappa shape index (κ3) is 4.62. The Labute approximate surface area is 170 Å². The lowest BCUT2D eigenvalue weighted by Crippen LogP contribution is -2.49. The summed E-state index contributed by atoms with van der Waals surface area (Å²) >= 11 is 0. The highest BCUT2D eigenvalue weighted by atomic mass is 16.7. The summed E-state index contributed by atoms with van der Waals surface area (Å²) in [6.07, 6.45) is -0.130. The zero-order chi connectivity index (χ0) is 20.2. The van der Waals surface area contributed by atoms with Gasteiger partial charge in [0.1, 0.15) is 6.42 Å². The highest BCUT2D eigenvalue weighted by Gasteiger charge is 2.23. The van der Waals surface area contributed by atoms with Crippen LogP contribution in [0.15, 0.2) is 42.5 Å². The van der Waals surface area contributed by atoms with Gasteiger partial charge in [-0.05, 0) is 42.3 Å². The first-order chi connectivity index (χ1) is 14.1. The number of hydrogen-bond donors (Lipinski definition) is 1. The van der Waals surface area contributed by atoms with E-state index < -0.39 is 0 Å². The number of anilines is 1. The molecule has 2 aliphatic heterocycles. The maximum atomic E-state index is 12.5. The van der Waals surface area contributed by atoms with Crippen LogP contribution in [-0.4, -0.2) is 49.7 Å². The lowest BCUT2D eigenvalue weighted by atomic mass is 10.2. The van der Waals surface area contributed by atoms with Crippen molar-refractivity contribution in [2.24, 2.45) is 0 Å². The van der Waals surface area contributed by atoms with E-state index in [0.717, 1.165) is 18.7 Å². The SMILES string of the molecule is Cc1cccc(N2CCN(C(=O)CC(=O)NCc3ccc4c(c3)OCO4)CC2)c1. The van der Waals surface area contributed by atoms with Crippen LogP contribution in [0.2, 0.25) is 0 Å². The molecule has 2 aliphatic rings. The van der Waals surface area contributed by atoms with Crippen LogP contribution >= 0.6 is 0 Å². The summed E-state index contributed by atoms with van der Waals surface area (Å²) in [5.41, 5.74) is 3.31. The number of carbonyl (C=O) groups is 2. The second kappa shape index (κ2) is 8.43. The first-order valence-corrected chi connectivity index (χ1v) is 9.83. The van der Waals surface area contributed by atoms with Crippen molar-refractivity contribution in [3.05, 3.63) is 53.6 Å². The first-order valence-electron chi connectivity index (χ1n) is 9.83. The molecule has 0 atom stereocenters. The van der Waals surface area contributed by atoms with Crippen molar-refractivity contribution in [3.8, 4) is 11.5 Å². The Morgan fingerprint density at radius 3 is 2.59 bits per heavy atom. The predicted octanol–water partition coefficient (Wildman–Crippen LogP) is 2.08. The highest BCUT2D eigenvalue weighted by molar-refractivity contribution is 5.97.